The van der Waals surface area contributed by atoms with Gasteiger partial charge in [0.2, 0.25) is 0 Å². The smallest absolute Gasteiger partial charge is 0.270 e. The summed E-state index contributed by atoms with van der Waals surface area (Å²) in [6.07, 6.45) is 2.14. The highest BCUT2D eigenvalue weighted by molar-refractivity contribution is 5.95. The predicted octanol–water partition coefficient (Wildman–Crippen LogP) is 1.81. The molecule has 0 bridgehead atoms. The summed E-state index contributed by atoms with van der Waals surface area (Å²) in [7, 11) is 0. The monoisotopic (exact) mass is 360 g/mol. The van der Waals surface area contributed by atoms with E-state index in [1.807, 2.05) is 0 Å². The molecule has 2 fully saturated rings. The number of nitrogens with one attached hydrogen (secondary N) is 1. The van der Waals surface area contributed by atoms with E-state index in [0.29, 0.717) is 39.0 Å². The molecule has 3 heterocycles. The van der Waals surface area contributed by atoms with E-state index in [9.17, 15) is 19.1 Å². The van der Waals surface area contributed by atoms with Gasteiger partial charge in [0.05, 0.1) is 17.2 Å². The Kier molecular flexibility index (Phi) is 4.28. The van der Waals surface area contributed by atoms with Crippen molar-refractivity contribution in [3.63, 3.8) is 0 Å². The van der Waals surface area contributed by atoms with Crippen molar-refractivity contribution in [2.45, 2.75) is 37.4 Å². The average Bonchev–Trinajstić information content (AvgIpc) is 2.65. The molecule has 0 saturated carbocycles. The second kappa shape index (κ2) is 6.48. The Morgan fingerprint density at radius 3 is 2.85 bits per heavy atom. The Morgan fingerprint density at radius 1 is 1.35 bits per heavy atom. The number of aromatic nitrogens is 1. The van der Waals surface area contributed by atoms with Crippen LogP contribution in [0.2, 0.25) is 0 Å². The molecule has 7 heteroatoms. The zero-order valence-corrected chi connectivity index (χ0v) is 14.3. The van der Waals surface area contributed by atoms with Crippen LogP contribution >= 0.6 is 0 Å². The van der Waals surface area contributed by atoms with Gasteiger partial charge in [0.25, 0.3) is 5.91 Å². The largest absolute Gasteiger partial charge is 0.390 e. The minimum Gasteiger partial charge on any atom is -0.390 e. The van der Waals surface area contributed by atoms with Gasteiger partial charge in [-0.25, -0.2) is 4.39 Å². The number of para-hydroxylation sites is 1. The van der Waals surface area contributed by atoms with E-state index >= 15 is 0 Å². The number of carbonyl (C=O) groups excluding carboxylic acids is 1. The first-order valence-corrected chi connectivity index (χ1v) is 8.93. The van der Waals surface area contributed by atoms with Crippen molar-refractivity contribution in [1.29, 1.82) is 0 Å². The number of aromatic amines is 1. The number of rotatable bonds is 1. The van der Waals surface area contributed by atoms with Gasteiger partial charge in [-0.2, -0.15) is 0 Å². The van der Waals surface area contributed by atoms with Gasteiger partial charge in [-0.05, 0) is 37.8 Å². The average molecular weight is 360 g/mol. The van der Waals surface area contributed by atoms with E-state index in [1.165, 1.54) is 24.3 Å². The number of benzene rings is 1. The molecule has 2 aliphatic rings. The molecule has 1 spiro atoms. The minimum absolute atomic E-state index is 0.0443. The molecule has 6 nitrogen and oxygen atoms in total. The summed E-state index contributed by atoms with van der Waals surface area (Å²) in [5, 5.41) is 10.5. The summed E-state index contributed by atoms with van der Waals surface area (Å²) >= 11 is 0. The summed E-state index contributed by atoms with van der Waals surface area (Å²) in [6.45, 7) is 1.47. The van der Waals surface area contributed by atoms with Crippen molar-refractivity contribution in [3.8, 4) is 0 Å². The first kappa shape index (κ1) is 17.2. The van der Waals surface area contributed by atoms with Crippen LogP contribution in [0, 0.1) is 5.82 Å². The molecule has 2 aliphatic heterocycles. The molecule has 1 amide bonds. The van der Waals surface area contributed by atoms with E-state index in [0.717, 1.165) is 6.42 Å². The van der Waals surface area contributed by atoms with Crippen LogP contribution in [0.1, 0.15) is 36.2 Å². The molecule has 4 rings (SSSR count). The molecule has 1 unspecified atom stereocenters. The number of ether oxygens (including phenoxy) is 1. The molecule has 2 aromatic rings. The number of hydrogen-bond donors (Lipinski definition) is 2. The van der Waals surface area contributed by atoms with Crippen LogP contribution in [-0.4, -0.2) is 52.3 Å². The highest BCUT2D eigenvalue weighted by Crippen LogP contribution is 2.35. The first-order valence-electron chi connectivity index (χ1n) is 8.93. The lowest BCUT2D eigenvalue weighted by Gasteiger charge is -2.46. The van der Waals surface area contributed by atoms with E-state index in [4.69, 9.17) is 4.74 Å². The maximum atomic E-state index is 14.0. The van der Waals surface area contributed by atoms with Gasteiger partial charge in [0.1, 0.15) is 11.5 Å². The fourth-order valence-corrected chi connectivity index (χ4v) is 4.00. The van der Waals surface area contributed by atoms with Crippen LogP contribution in [0.4, 0.5) is 4.39 Å². The number of aliphatic hydroxyl groups excluding tert-OH is 1. The molecule has 1 aromatic heterocycles. The highest BCUT2D eigenvalue weighted by atomic mass is 19.1. The summed E-state index contributed by atoms with van der Waals surface area (Å²) in [5.41, 5.74) is -0.838. The van der Waals surface area contributed by atoms with Crippen LogP contribution in [-0.2, 0) is 4.74 Å². The van der Waals surface area contributed by atoms with Crippen LogP contribution in [0.3, 0.4) is 0 Å². The number of amides is 1. The maximum Gasteiger partial charge on any atom is 0.270 e. The van der Waals surface area contributed by atoms with Gasteiger partial charge >= 0.3 is 0 Å². The van der Waals surface area contributed by atoms with Crippen molar-refractivity contribution in [2.24, 2.45) is 0 Å². The normalized spacial score (nSPS) is 22.7. The minimum atomic E-state index is -0.571. The van der Waals surface area contributed by atoms with Crippen molar-refractivity contribution < 1.29 is 19.0 Å². The molecule has 0 aliphatic carbocycles. The fourth-order valence-electron chi connectivity index (χ4n) is 4.00. The third kappa shape index (κ3) is 2.81. The third-order valence-electron chi connectivity index (χ3n) is 5.56. The Hall–Kier alpha value is -2.25. The van der Waals surface area contributed by atoms with Gasteiger partial charge in [-0.15, -0.1) is 0 Å². The van der Waals surface area contributed by atoms with Gasteiger partial charge < -0.3 is 19.7 Å². The van der Waals surface area contributed by atoms with Gasteiger partial charge in [-0.3, -0.25) is 9.59 Å². The summed E-state index contributed by atoms with van der Waals surface area (Å²) in [5.74, 6) is -0.905. The maximum absolute atomic E-state index is 14.0. The molecule has 2 saturated heterocycles. The van der Waals surface area contributed by atoms with Crippen molar-refractivity contribution >= 4 is 16.8 Å². The standard InChI is InChI=1S/C19H21FN2O4/c20-13-4-1-3-12-15(23)11-14(21-17(12)13)18(25)22-8-6-19(7-9-22)16(24)5-2-10-26-19/h1,3-4,11,16,24H,2,5-10H2,(H,21,23). The molecule has 1 aromatic carbocycles. The van der Waals surface area contributed by atoms with Gasteiger partial charge in [0, 0.05) is 31.1 Å². The fraction of sp³-hybridized carbons (Fsp3) is 0.474. The molecule has 1 atom stereocenters. The lowest BCUT2D eigenvalue weighted by atomic mass is 9.82. The molecule has 26 heavy (non-hydrogen) atoms. The topological polar surface area (TPSA) is 82.6 Å². The van der Waals surface area contributed by atoms with E-state index in [2.05, 4.69) is 4.98 Å². The number of likely N-dealkylation sites (tertiary alicyclic amines) is 1. The quantitative estimate of drug-likeness (QED) is 0.813. The molecular weight excluding hydrogens is 339 g/mol. The zero-order valence-electron chi connectivity index (χ0n) is 14.3. The molecule has 0 radical (unpaired) electrons. The Balaban J connectivity index is 1.57. The highest BCUT2D eigenvalue weighted by Gasteiger charge is 2.44. The third-order valence-corrected chi connectivity index (χ3v) is 5.56. The molecule has 2 N–H and O–H groups in total. The zero-order chi connectivity index (χ0) is 18.3. The number of piperidine rings is 1. The second-order valence-electron chi connectivity index (χ2n) is 7.07. The first-order chi connectivity index (χ1) is 12.5. The summed E-state index contributed by atoms with van der Waals surface area (Å²) < 4.78 is 19.8. The van der Waals surface area contributed by atoms with Gasteiger partial charge in [0.15, 0.2) is 5.43 Å². The van der Waals surface area contributed by atoms with E-state index in [-0.39, 0.29) is 27.9 Å². The number of fused-ring (bicyclic) bond motifs is 1. The number of hydrogen-bond acceptors (Lipinski definition) is 4. The lowest BCUT2D eigenvalue weighted by Crippen LogP contribution is -2.56. The number of H-pyrrole nitrogens is 1. The Morgan fingerprint density at radius 2 is 2.12 bits per heavy atom. The second-order valence-corrected chi connectivity index (χ2v) is 7.07. The van der Waals surface area contributed by atoms with E-state index in [1.54, 1.807) is 4.90 Å². The lowest BCUT2D eigenvalue weighted by molar-refractivity contribution is -0.174. The number of pyridine rings is 1. The Labute approximate surface area is 149 Å². The SMILES string of the molecule is O=C(c1cc(=O)c2cccc(F)c2[nH]1)N1CCC2(CC1)OCCCC2O. The van der Waals surface area contributed by atoms with Crippen molar-refractivity contribution in [2.75, 3.05) is 19.7 Å². The summed E-state index contributed by atoms with van der Waals surface area (Å²) in [4.78, 5) is 29.4. The molecular formula is C19H21FN2O4. The van der Waals surface area contributed by atoms with Crippen LogP contribution < -0.4 is 5.43 Å². The van der Waals surface area contributed by atoms with Crippen molar-refractivity contribution in [3.05, 3.63) is 46.0 Å². The summed E-state index contributed by atoms with van der Waals surface area (Å²) in [6, 6.07) is 5.46. The molecule has 138 valence electrons. The van der Waals surface area contributed by atoms with Crippen LogP contribution in [0.25, 0.3) is 10.9 Å². The van der Waals surface area contributed by atoms with E-state index < -0.39 is 17.5 Å². The Bertz CT molecular complexity index is 902. The van der Waals surface area contributed by atoms with Crippen LogP contribution in [0.15, 0.2) is 29.1 Å². The number of carbonyl (C=O) groups is 1. The van der Waals surface area contributed by atoms with Gasteiger partial charge in [-0.1, -0.05) is 6.07 Å². The van der Waals surface area contributed by atoms with Crippen LogP contribution in [0.5, 0.6) is 0 Å². The van der Waals surface area contributed by atoms with Crippen molar-refractivity contribution in [1.82, 2.24) is 9.88 Å². The number of halogens is 1. The predicted molar refractivity (Wildman–Crippen MR) is 93.6 cm³/mol. The number of aliphatic hydroxyl groups is 1. The number of nitrogens with zero attached hydrogens (tertiary/aromatic N) is 1.